The summed E-state index contributed by atoms with van der Waals surface area (Å²) in [6.07, 6.45) is 4.70. The Balaban J connectivity index is 2.09. The lowest BCUT2D eigenvalue weighted by atomic mass is 10.00. The molecule has 0 amide bonds. The third-order valence-corrected chi connectivity index (χ3v) is 3.65. The highest BCUT2D eigenvalue weighted by molar-refractivity contribution is 7.80. The zero-order chi connectivity index (χ0) is 13.8. The number of rotatable bonds is 4. The van der Waals surface area contributed by atoms with Gasteiger partial charge >= 0.3 is 0 Å². The van der Waals surface area contributed by atoms with Crippen molar-refractivity contribution in [1.29, 1.82) is 0 Å². The second-order valence-electron chi connectivity index (χ2n) is 5.18. The Morgan fingerprint density at radius 2 is 2.42 bits per heavy atom. The standard InChI is InChI=1S/C13H20N4OS/c1-10-3-2-5-16(9-10)11-7-13(18)17(15-8-11)6-4-12(14)19/h7-8,10H,2-6,9H2,1H3,(H2,14,19). The molecule has 1 aromatic heterocycles. The molecule has 1 saturated heterocycles. The zero-order valence-corrected chi connectivity index (χ0v) is 12.0. The van der Waals surface area contributed by atoms with Gasteiger partial charge in [-0.15, -0.1) is 0 Å². The summed E-state index contributed by atoms with van der Waals surface area (Å²) in [5.41, 5.74) is 6.26. The van der Waals surface area contributed by atoms with E-state index in [1.807, 2.05) is 0 Å². The number of aromatic nitrogens is 2. The molecule has 0 aromatic carbocycles. The Bertz CT molecular complexity index is 514. The predicted molar refractivity (Wildman–Crippen MR) is 80.5 cm³/mol. The van der Waals surface area contributed by atoms with Crippen molar-refractivity contribution in [2.24, 2.45) is 11.7 Å². The first-order valence-corrected chi connectivity index (χ1v) is 7.07. The maximum absolute atomic E-state index is 12.0. The van der Waals surface area contributed by atoms with Crippen LogP contribution in [0.3, 0.4) is 0 Å². The normalized spacial score (nSPS) is 19.4. The molecule has 0 aliphatic carbocycles. The number of piperidine rings is 1. The molecule has 1 unspecified atom stereocenters. The fourth-order valence-corrected chi connectivity index (χ4v) is 2.50. The van der Waals surface area contributed by atoms with E-state index in [2.05, 4.69) is 16.9 Å². The molecule has 5 nitrogen and oxygen atoms in total. The van der Waals surface area contributed by atoms with Crippen LogP contribution in [0, 0.1) is 5.92 Å². The van der Waals surface area contributed by atoms with Gasteiger partial charge in [-0.3, -0.25) is 4.79 Å². The monoisotopic (exact) mass is 280 g/mol. The largest absolute Gasteiger partial charge is 0.393 e. The molecule has 1 aromatic rings. The highest BCUT2D eigenvalue weighted by Gasteiger charge is 2.17. The van der Waals surface area contributed by atoms with Gasteiger partial charge < -0.3 is 10.6 Å². The molecule has 2 heterocycles. The Hall–Kier alpha value is -1.43. The number of aryl methyl sites for hydroxylation is 1. The van der Waals surface area contributed by atoms with Crippen LogP contribution in [0.1, 0.15) is 26.2 Å². The van der Waals surface area contributed by atoms with Crippen molar-refractivity contribution < 1.29 is 0 Å². The molecule has 0 spiro atoms. The third kappa shape index (κ3) is 3.76. The average Bonchev–Trinajstić information content (AvgIpc) is 2.37. The Labute approximate surface area is 118 Å². The number of nitrogens with zero attached hydrogens (tertiary/aromatic N) is 3. The third-order valence-electron chi connectivity index (χ3n) is 3.45. The molecular formula is C13H20N4OS. The second kappa shape index (κ2) is 6.14. The van der Waals surface area contributed by atoms with Crippen LogP contribution in [0.4, 0.5) is 5.69 Å². The van der Waals surface area contributed by atoms with Crippen molar-refractivity contribution in [2.75, 3.05) is 18.0 Å². The van der Waals surface area contributed by atoms with Crippen LogP contribution in [0.5, 0.6) is 0 Å². The molecule has 0 radical (unpaired) electrons. The van der Waals surface area contributed by atoms with Crippen LogP contribution in [0.2, 0.25) is 0 Å². The van der Waals surface area contributed by atoms with Crippen molar-refractivity contribution in [3.8, 4) is 0 Å². The van der Waals surface area contributed by atoms with E-state index in [4.69, 9.17) is 18.0 Å². The van der Waals surface area contributed by atoms with Crippen LogP contribution in [0.25, 0.3) is 0 Å². The lowest BCUT2D eigenvalue weighted by molar-refractivity contribution is 0.445. The van der Waals surface area contributed by atoms with Crippen LogP contribution < -0.4 is 16.2 Å². The Morgan fingerprint density at radius 3 is 3.05 bits per heavy atom. The van der Waals surface area contributed by atoms with Crippen molar-refractivity contribution in [3.63, 3.8) is 0 Å². The van der Waals surface area contributed by atoms with Crippen LogP contribution >= 0.6 is 12.2 Å². The summed E-state index contributed by atoms with van der Waals surface area (Å²) in [6, 6.07) is 1.66. The van der Waals surface area contributed by atoms with E-state index in [1.54, 1.807) is 12.3 Å². The summed E-state index contributed by atoms with van der Waals surface area (Å²) in [5, 5.41) is 4.20. The summed E-state index contributed by atoms with van der Waals surface area (Å²) in [5.74, 6) is 0.672. The fraction of sp³-hybridized carbons (Fsp3) is 0.615. The van der Waals surface area contributed by atoms with Crippen LogP contribution in [-0.2, 0) is 6.54 Å². The van der Waals surface area contributed by atoms with Crippen LogP contribution in [-0.4, -0.2) is 27.9 Å². The summed E-state index contributed by atoms with van der Waals surface area (Å²) in [6.45, 7) is 4.69. The van der Waals surface area contributed by atoms with Gasteiger partial charge in [0.2, 0.25) is 0 Å². The number of hydrogen-bond acceptors (Lipinski definition) is 4. The number of anilines is 1. The molecular weight excluding hydrogens is 260 g/mol. The first-order valence-electron chi connectivity index (χ1n) is 6.66. The van der Waals surface area contributed by atoms with E-state index in [9.17, 15) is 4.79 Å². The quantitative estimate of drug-likeness (QED) is 0.838. The van der Waals surface area contributed by atoms with Gasteiger partial charge in [0.25, 0.3) is 5.56 Å². The molecule has 0 saturated carbocycles. The lowest BCUT2D eigenvalue weighted by Crippen LogP contribution is -2.36. The zero-order valence-electron chi connectivity index (χ0n) is 11.2. The highest BCUT2D eigenvalue weighted by atomic mass is 32.1. The Kier molecular flexibility index (Phi) is 4.52. The minimum absolute atomic E-state index is 0.0908. The highest BCUT2D eigenvalue weighted by Crippen LogP contribution is 2.20. The van der Waals surface area contributed by atoms with E-state index in [0.717, 1.165) is 18.8 Å². The average molecular weight is 280 g/mol. The van der Waals surface area contributed by atoms with E-state index in [-0.39, 0.29) is 5.56 Å². The predicted octanol–water partition coefficient (Wildman–Crippen LogP) is 1.16. The van der Waals surface area contributed by atoms with Crippen molar-refractivity contribution >= 4 is 22.9 Å². The summed E-state index contributed by atoms with van der Waals surface area (Å²) in [7, 11) is 0. The van der Waals surface area contributed by atoms with E-state index in [0.29, 0.717) is 23.9 Å². The molecule has 1 aliphatic heterocycles. The molecule has 2 N–H and O–H groups in total. The molecule has 1 fully saturated rings. The molecule has 2 rings (SSSR count). The number of hydrogen-bond donors (Lipinski definition) is 1. The molecule has 1 aliphatic rings. The number of thiocarbonyl (C=S) groups is 1. The summed E-state index contributed by atoms with van der Waals surface area (Å²) >= 11 is 4.81. The number of nitrogens with two attached hydrogens (primary N) is 1. The maximum atomic E-state index is 12.0. The minimum atomic E-state index is -0.0908. The summed E-state index contributed by atoms with van der Waals surface area (Å²) < 4.78 is 1.41. The molecule has 19 heavy (non-hydrogen) atoms. The van der Waals surface area contributed by atoms with Gasteiger partial charge in [0, 0.05) is 25.6 Å². The summed E-state index contributed by atoms with van der Waals surface area (Å²) in [4.78, 5) is 14.6. The SMILES string of the molecule is CC1CCCN(c2cnn(CCC(N)=S)c(=O)c2)C1. The fourth-order valence-electron chi connectivity index (χ4n) is 2.40. The van der Waals surface area contributed by atoms with E-state index in [1.165, 1.54) is 17.5 Å². The van der Waals surface area contributed by atoms with Gasteiger partial charge in [0.05, 0.1) is 23.4 Å². The van der Waals surface area contributed by atoms with Gasteiger partial charge in [0.15, 0.2) is 0 Å². The van der Waals surface area contributed by atoms with Gasteiger partial charge in [-0.05, 0) is 18.8 Å². The van der Waals surface area contributed by atoms with E-state index < -0.39 is 0 Å². The molecule has 0 bridgehead atoms. The van der Waals surface area contributed by atoms with Crippen molar-refractivity contribution in [1.82, 2.24) is 9.78 Å². The van der Waals surface area contributed by atoms with Crippen LogP contribution in [0.15, 0.2) is 17.1 Å². The van der Waals surface area contributed by atoms with Crippen molar-refractivity contribution in [2.45, 2.75) is 32.7 Å². The van der Waals surface area contributed by atoms with Crippen molar-refractivity contribution in [3.05, 3.63) is 22.6 Å². The topological polar surface area (TPSA) is 64.2 Å². The van der Waals surface area contributed by atoms with Gasteiger partial charge in [-0.2, -0.15) is 5.10 Å². The molecule has 1 atom stereocenters. The van der Waals surface area contributed by atoms with Gasteiger partial charge in [-0.25, -0.2) is 4.68 Å². The second-order valence-corrected chi connectivity index (χ2v) is 5.71. The Morgan fingerprint density at radius 1 is 1.63 bits per heavy atom. The van der Waals surface area contributed by atoms with Gasteiger partial charge in [0.1, 0.15) is 0 Å². The maximum Gasteiger partial charge on any atom is 0.268 e. The lowest BCUT2D eigenvalue weighted by Gasteiger charge is -2.32. The first kappa shape index (κ1) is 14.0. The van der Waals surface area contributed by atoms with Gasteiger partial charge in [-0.1, -0.05) is 19.1 Å². The minimum Gasteiger partial charge on any atom is -0.393 e. The molecule has 104 valence electrons. The first-order chi connectivity index (χ1) is 9.06. The molecule has 6 heteroatoms. The van der Waals surface area contributed by atoms with E-state index >= 15 is 0 Å². The smallest absolute Gasteiger partial charge is 0.268 e.